The molecule has 1 atom stereocenters. The molecule has 0 aliphatic carbocycles. The van der Waals surface area contributed by atoms with Crippen LogP contribution in [-0.4, -0.2) is 25.2 Å². The minimum Gasteiger partial charge on any atom is -0.491 e. The number of ether oxygens (including phenoxy) is 2. The number of hydrogen-bond acceptors (Lipinski definition) is 3. The van der Waals surface area contributed by atoms with E-state index in [9.17, 15) is 4.79 Å². The highest BCUT2D eigenvalue weighted by molar-refractivity contribution is 5.99. The molecule has 1 aromatic rings. The second-order valence-corrected chi connectivity index (χ2v) is 5.18. The number of anilines is 1. The number of allylic oxidation sites excluding steroid dienone is 1. The lowest BCUT2D eigenvalue weighted by Gasteiger charge is -2.12. The van der Waals surface area contributed by atoms with Crippen molar-refractivity contribution in [3.05, 3.63) is 35.9 Å². The fourth-order valence-corrected chi connectivity index (χ4v) is 2.07. The molecule has 1 aliphatic rings. The van der Waals surface area contributed by atoms with Gasteiger partial charge in [0.25, 0.3) is 0 Å². The maximum atomic E-state index is 11.7. The fourth-order valence-electron chi connectivity index (χ4n) is 2.07. The number of rotatable bonds is 5. The molecule has 0 saturated carbocycles. The van der Waals surface area contributed by atoms with E-state index in [0.717, 1.165) is 36.5 Å². The van der Waals surface area contributed by atoms with E-state index in [0.29, 0.717) is 6.61 Å². The maximum Gasteiger partial charge on any atom is 0.248 e. The van der Waals surface area contributed by atoms with Crippen LogP contribution < -0.4 is 10.1 Å². The number of nitrogens with one attached hydrogen (secondary N) is 1. The molecule has 1 saturated heterocycles. The summed E-state index contributed by atoms with van der Waals surface area (Å²) in [6, 6.07) is 7.41. The third kappa shape index (κ3) is 4.70. The highest BCUT2D eigenvalue weighted by Gasteiger charge is 2.15. The molecule has 1 fully saturated rings. The van der Waals surface area contributed by atoms with Gasteiger partial charge in [0.2, 0.25) is 5.91 Å². The number of carbonyl (C=O) groups is 1. The van der Waals surface area contributed by atoms with Crippen molar-refractivity contribution in [2.45, 2.75) is 32.8 Å². The molecule has 1 aromatic carbocycles. The SMILES string of the molecule is CC(C)=CC(=O)Nc1cccc(OCC2CCCO2)c1. The van der Waals surface area contributed by atoms with E-state index in [1.54, 1.807) is 6.08 Å². The zero-order chi connectivity index (χ0) is 14.4. The molecule has 108 valence electrons. The van der Waals surface area contributed by atoms with Crippen molar-refractivity contribution in [2.24, 2.45) is 0 Å². The molecule has 0 radical (unpaired) electrons. The summed E-state index contributed by atoms with van der Waals surface area (Å²) in [5.41, 5.74) is 1.70. The Labute approximate surface area is 119 Å². The van der Waals surface area contributed by atoms with Gasteiger partial charge in [-0.15, -0.1) is 0 Å². The first-order chi connectivity index (χ1) is 9.63. The maximum absolute atomic E-state index is 11.7. The molecule has 0 aromatic heterocycles. The Kier molecular flexibility index (Phi) is 5.18. The summed E-state index contributed by atoms with van der Waals surface area (Å²) < 4.78 is 11.2. The minimum absolute atomic E-state index is 0.124. The Balaban J connectivity index is 1.90. The van der Waals surface area contributed by atoms with E-state index in [4.69, 9.17) is 9.47 Å². The Morgan fingerprint density at radius 1 is 1.50 bits per heavy atom. The van der Waals surface area contributed by atoms with Crippen LogP contribution in [0.3, 0.4) is 0 Å². The molecule has 1 aliphatic heterocycles. The van der Waals surface area contributed by atoms with Crippen molar-refractivity contribution in [1.29, 1.82) is 0 Å². The standard InChI is InChI=1S/C16H21NO3/c1-12(2)9-16(18)17-13-5-3-6-14(10-13)20-11-15-7-4-8-19-15/h3,5-6,9-10,15H,4,7-8,11H2,1-2H3,(H,17,18). The van der Waals surface area contributed by atoms with Crippen molar-refractivity contribution < 1.29 is 14.3 Å². The first-order valence-corrected chi connectivity index (χ1v) is 6.94. The second kappa shape index (κ2) is 7.10. The Bertz CT molecular complexity index is 486. The Hall–Kier alpha value is -1.81. The van der Waals surface area contributed by atoms with Gasteiger partial charge in [0.05, 0.1) is 6.10 Å². The minimum atomic E-state index is -0.124. The van der Waals surface area contributed by atoms with Crippen molar-refractivity contribution in [3.63, 3.8) is 0 Å². The molecule has 1 unspecified atom stereocenters. The number of hydrogen-bond donors (Lipinski definition) is 1. The Morgan fingerprint density at radius 2 is 2.35 bits per heavy atom. The van der Waals surface area contributed by atoms with Gasteiger partial charge in [0, 0.05) is 24.4 Å². The first kappa shape index (κ1) is 14.6. The molecular weight excluding hydrogens is 254 g/mol. The number of carbonyl (C=O) groups excluding carboxylic acids is 1. The molecule has 20 heavy (non-hydrogen) atoms. The molecule has 4 nitrogen and oxygen atoms in total. The van der Waals surface area contributed by atoms with E-state index in [2.05, 4.69) is 5.32 Å². The van der Waals surface area contributed by atoms with Gasteiger partial charge >= 0.3 is 0 Å². The van der Waals surface area contributed by atoms with Gasteiger partial charge in [-0.1, -0.05) is 11.6 Å². The molecule has 0 bridgehead atoms. The Morgan fingerprint density at radius 3 is 3.05 bits per heavy atom. The average molecular weight is 275 g/mol. The molecule has 0 spiro atoms. The van der Waals surface area contributed by atoms with Gasteiger partial charge in [-0.05, 0) is 38.8 Å². The highest BCUT2D eigenvalue weighted by atomic mass is 16.5. The zero-order valence-electron chi connectivity index (χ0n) is 12.0. The predicted molar refractivity (Wildman–Crippen MR) is 79.0 cm³/mol. The van der Waals surface area contributed by atoms with E-state index < -0.39 is 0 Å². The van der Waals surface area contributed by atoms with Crippen LogP contribution in [0.4, 0.5) is 5.69 Å². The number of amides is 1. The van der Waals surface area contributed by atoms with E-state index in [-0.39, 0.29) is 12.0 Å². The second-order valence-electron chi connectivity index (χ2n) is 5.18. The van der Waals surface area contributed by atoms with Crippen molar-refractivity contribution in [3.8, 4) is 5.75 Å². The van der Waals surface area contributed by atoms with Crippen LogP contribution in [0.5, 0.6) is 5.75 Å². The third-order valence-corrected chi connectivity index (χ3v) is 2.98. The normalized spacial score (nSPS) is 17.6. The summed E-state index contributed by atoms with van der Waals surface area (Å²) in [4.78, 5) is 11.7. The van der Waals surface area contributed by atoms with Crippen LogP contribution in [0.1, 0.15) is 26.7 Å². The third-order valence-electron chi connectivity index (χ3n) is 2.98. The molecule has 4 heteroatoms. The summed E-state index contributed by atoms with van der Waals surface area (Å²) in [7, 11) is 0. The monoisotopic (exact) mass is 275 g/mol. The van der Waals surface area contributed by atoms with Crippen molar-refractivity contribution in [1.82, 2.24) is 0 Å². The van der Waals surface area contributed by atoms with Crippen LogP contribution in [0.15, 0.2) is 35.9 Å². The topological polar surface area (TPSA) is 47.6 Å². The summed E-state index contributed by atoms with van der Waals surface area (Å²) in [5.74, 6) is 0.622. The summed E-state index contributed by atoms with van der Waals surface area (Å²) in [6.07, 6.45) is 3.92. The van der Waals surface area contributed by atoms with Gasteiger partial charge < -0.3 is 14.8 Å². The van der Waals surface area contributed by atoms with E-state index in [1.165, 1.54) is 0 Å². The highest BCUT2D eigenvalue weighted by Crippen LogP contribution is 2.19. The van der Waals surface area contributed by atoms with Crippen molar-refractivity contribution >= 4 is 11.6 Å². The predicted octanol–water partition coefficient (Wildman–Crippen LogP) is 3.15. The summed E-state index contributed by atoms with van der Waals surface area (Å²) in [5, 5.41) is 2.82. The first-order valence-electron chi connectivity index (χ1n) is 6.94. The summed E-state index contributed by atoms with van der Waals surface area (Å²) in [6.45, 7) is 5.17. The van der Waals surface area contributed by atoms with Crippen LogP contribution in [-0.2, 0) is 9.53 Å². The lowest BCUT2D eigenvalue weighted by atomic mass is 10.2. The number of benzene rings is 1. The van der Waals surface area contributed by atoms with E-state index >= 15 is 0 Å². The zero-order valence-corrected chi connectivity index (χ0v) is 12.0. The lowest BCUT2D eigenvalue weighted by molar-refractivity contribution is -0.111. The van der Waals surface area contributed by atoms with Crippen LogP contribution in [0, 0.1) is 0 Å². The van der Waals surface area contributed by atoms with Crippen molar-refractivity contribution in [2.75, 3.05) is 18.5 Å². The lowest BCUT2D eigenvalue weighted by Crippen LogP contribution is -2.16. The van der Waals surface area contributed by atoms with Gasteiger partial charge in [0.15, 0.2) is 0 Å². The van der Waals surface area contributed by atoms with Gasteiger partial charge in [-0.3, -0.25) is 4.79 Å². The van der Waals surface area contributed by atoms with Crippen LogP contribution in [0.2, 0.25) is 0 Å². The largest absolute Gasteiger partial charge is 0.491 e. The van der Waals surface area contributed by atoms with Crippen LogP contribution >= 0.6 is 0 Å². The molecular formula is C16H21NO3. The molecule has 1 N–H and O–H groups in total. The van der Waals surface area contributed by atoms with Gasteiger partial charge in [-0.25, -0.2) is 0 Å². The van der Waals surface area contributed by atoms with Gasteiger partial charge in [0.1, 0.15) is 12.4 Å². The fraction of sp³-hybridized carbons (Fsp3) is 0.438. The quantitative estimate of drug-likeness (QED) is 0.840. The van der Waals surface area contributed by atoms with E-state index in [1.807, 2.05) is 38.1 Å². The smallest absolute Gasteiger partial charge is 0.248 e. The molecule has 1 heterocycles. The average Bonchev–Trinajstić information content (AvgIpc) is 2.88. The summed E-state index contributed by atoms with van der Waals surface area (Å²) >= 11 is 0. The van der Waals surface area contributed by atoms with Gasteiger partial charge in [-0.2, -0.15) is 0 Å². The van der Waals surface area contributed by atoms with Crippen LogP contribution in [0.25, 0.3) is 0 Å². The molecule has 2 rings (SSSR count). The molecule has 1 amide bonds.